The molecule has 0 aliphatic rings. The fraction of sp³-hybridized carbons (Fsp3) is 0.208. The van der Waals surface area contributed by atoms with E-state index in [1.54, 1.807) is 23.9 Å². The Morgan fingerprint density at radius 3 is 2.31 bits per heavy atom. The number of carbonyl (C=O) groups excluding carboxylic acids is 1. The van der Waals surface area contributed by atoms with E-state index in [9.17, 15) is 13.2 Å². The molecule has 0 saturated carbocycles. The van der Waals surface area contributed by atoms with E-state index < -0.39 is 10.0 Å². The van der Waals surface area contributed by atoms with Gasteiger partial charge in [-0.05, 0) is 73.5 Å². The van der Waals surface area contributed by atoms with E-state index in [-0.39, 0.29) is 17.3 Å². The van der Waals surface area contributed by atoms with Crippen molar-refractivity contribution < 1.29 is 13.2 Å². The molecular weight excluding hydrogens is 464 g/mol. The lowest BCUT2D eigenvalue weighted by Crippen LogP contribution is -2.41. The molecule has 3 rings (SSSR count). The third-order valence-electron chi connectivity index (χ3n) is 4.90. The molecule has 32 heavy (non-hydrogen) atoms. The van der Waals surface area contributed by atoms with E-state index in [2.05, 4.69) is 5.32 Å². The zero-order chi connectivity index (χ0) is 23.1. The first-order valence-electron chi connectivity index (χ1n) is 10.1. The maximum absolute atomic E-state index is 13.4. The first-order valence-corrected chi connectivity index (χ1v) is 12.9. The molecule has 0 saturated heterocycles. The highest BCUT2D eigenvalue weighted by molar-refractivity contribution is 7.99. The second kappa shape index (κ2) is 10.9. The molecule has 1 N–H and O–H groups in total. The van der Waals surface area contributed by atoms with Crippen LogP contribution in [-0.2, 0) is 14.8 Å². The number of nitrogens with zero attached hydrogens (tertiary/aromatic N) is 1. The van der Waals surface area contributed by atoms with Crippen molar-refractivity contribution in [2.24, 2.45) is 0 Å². The van der Waals surface area contributed by atoms with E-state index in [0.29, 0.717) is 23.0 Å². The van der Waals surface area contributed by atoms with Gasteiger partial charge in [0.15, 0.2) is 0 Å². The number of hydrogen-bond acceptors (Lipinski definition) is 4. The molecular formula is C24H25ClN2O3S2. The zero-order valence-corrected chi connectivity index (χ0v) is 20.3. The van der Waals surface area contributed by atoms with Crippen LogP contribution in [0.15, 0.2) is 82.6 Å². The van der Waals surface area contributed by atoms with Gasteiger partial charge < -0.3 is 5.32 Å². The van der Waals surface area contributed by atoms with Crippen LogP contribution in [-0.4, -0.2) is 33.2 Å². The molecule has 0 spiro atoms. The van der Waals surface area contributed by atoms with Gasteiger partial charge in [0.05, 0.1) is 10.6 Å². The number of halogens is 1. The molecule has 0 bridgehead atoms. The summed E-state index contributed by atoms with van der Waals surface area (Å²) in [4.78, 5) is 13.9. The summed E-state index contributed by atoms with van der Waals surface area (Å²) in [5, 5.41) is 3.26. The molecule has 0 fully saturated rings. The van der Waals surface area contributed by atoms with Crippen molar-refractivity contribution in [3.63, 3.8) is 0 Å². The second-order valence-corrected chi connectivity index (χ2v) is 10.7. The van der Waals surface area contributed by atoms with E-state index in [4.69, 9.17) is 11.6 Å². The van der Waals surface area contributed by atoms with Crippen LogP contribution >= 0.6 is 23.4 Å². The van der Waals surface area contributed by atoms with Crippen LogP contribution in [0.4, 0.5) is 5.69 Å². The maximum atomic E-state index is 13.4. The molecule has 0 heterocycles. The summed E-state index contributed by atoms with van der Waals surface area (Å²) in [6.07, 6.45) is 0. The van der Waals surface area contributed by atoms with Gasteiger partial charge in [-0.25, -0.2) is 8.42 Å². The van der Waals surface area contributed by atoms with Crippen molar-refractivity contribution in [1.29, 1.82) is 0 Å². The second-order valence-electron chi connectivity index (χ2n) is 7.25. The van der Waals surface area contributed by atoms with Gasteiger partial charge in [0, 0.05) is 22.2 Å². The van der Waals surface area contributed by atoms with Crippen molar-refractivity contribution in [3.05, 3.63) is 88.9 Å². The zero-order valence-electron chi connectivity index (χ0n) is 17.9. The Bertz CT molecular complexity index is 1170. The fourth-order valence-corrected chi connectivity index (χ4v) is 5.32. The normalized spacial score (nSPS) is 11.2. The SMILES string of the molecule is Cc1ccc(N(CC(=O)NCCSc2ccccc2)S(=O)(=O)c2ccc(Cl)cc2)cc1C. The lowest BCUT2D eigenvalue weighted by atomic mass is 10.1. The summed E-state index contributed by atoms with van der Waals surface area (Å²) in [6, 6.07) is 21.2. The quantitative estimate of drug-likeness (QED) is 0.337. The standard InChI is InChI=1S/C24H25ClN2O3S2/c1-18-8-11-21(16-19(18)2)27(32(29,30)23-12-9-20(25)10-13-23)17-24(28)26-14-15-31-22-6-4-3-5-7-22/h3-13,16H,14-15,17H2,1-2H3,(H,26,28). The highest BCUT2D eigenvalue weighted by Crippen LogP contribution is 2.26. The lowest BCUT2D eigenvalue weighted by molar-refractivity contribution is -0.119. The van der Waals surface area contributed by atoms with Crippen LogP contribution in [0.5, 0.6) is 0 Å². The summed E-state index contributed by atoms with van der Waals surface area (Å²) in [5.41, 5.74) is 2.43. The molecule has 5 nitrogen and oxygen atoms in total. The lowest BCUT2D eigenvalue weighted by Gasteiger charge is -2.25. The third-order valence-corrected chi connectivity index (χ3v) is 7.96. The number of thioether (sulfide) groups is 1. The predicted octanol–water partition coefficient (Wildman–Crippen LogP) is 5.06. The van der Waals surface area contributed by atoms with Crippen molar-refractivity contribution in [2.75, 3.05) is 23.1 Å². The molecule has 168 valence electrons. The fourth-order valence-electron chi connectivity index (χ4n) is 2.99. The third kappa shape index (κ3) is 6.28. The maximum Gasteiger partial charge on any atom is 0.264 e. The number of rotatable bonds is 9. The number of nitrogens with one attached hydrogen (secondary N) is 1. The van der Waals surface area contributed by atoms with Crippen molar-refractivity contribution in [2.45, 2.75) is 23.6 Å². The van der Waals surface area contributed by atoms with Gasteiger partial charge >= 0.3 is 0 Å². The molecule has 0 atom stereocenters. The molecule has 0 radical (unpaired) electrons. The number of hydrogen-bond donors (Lipinski definition) is 1. The van der Waals surface area contributed by atoms with Crippen LogP contribution < -0.4 is 9.62 Å². The molecule has 0 aromatic heterocycles. The van der Waals surface area contributed by atoms with Crippen LogP contribution in [0.3, 0.4) is 0 Å². The number of carbonyl (C=O) groups is 1. The first-order chi connectivity index (χ1) is 15.3. The van der Waals surface area contributed by atoms with Gasteiger partial charge in [-0.1, -0.05) is 35.9 Å². The summed E-state index contributed by atoms with van der Waals surface area (Å²) < 4.78 is 27.9. The van der Waals surface area contributed by atoms with Crippen molar-refractivity contribution >= 4 is 45.0 Å². The number of benzene rings is 3. The molecule has 8 heteroatoms. The van der Waals surface area contributed by atoms with Crippen LogP contribution in [0, 0.1) is 13.8 Å². The van der Waals surface area contributed by atoms with Crippen molar-refractivity contribution in [3.8, 4) is 0 Å². The predicted molar refractivity (Wildman–Crippen MR) is 132 cm³/mol. The minimum atomic E-state index is -3.96. The number of aryl methyl sites for hydroxylation is 2. The summed E-state index contributed by atoms with van der Waals surface area (Å²) in [6.45, 7) is 3.98. The Hall–Kier alpha value is -2.48. The van der Waals surface area contributed by atoms with Crippen LogP contribution in [0.1, 0.15) is 11.1 Å². The van der Waals surface area contributed by atoms with Gasteiger partial charge in [0.1, 0.15) is 6.54 Å². The van der Waals surface area contributed by atoms with E-state index in [0.717, 1.165) is 20.3 Å². The monoisotopic (exact) mass is 488 g/mol. The number of sulfonamides is 1. The highest BCUT2D eigenvalue weighted by Gasteiger charge is 2.27. The Kier molecular flexibility index (Phi) is 8.23. The summed E-state index contributed by atoms with van der Waals surface area (Å²) in [5.74, 6) is 0.318. The van der Waals surface area contributed by atoms with Crippen LogP contribution in [0.25, 0.3) is 0 Å². The van der Waals surface area contributed by atoms with E-state index >= 15 is 0 Å². The summed E-state index contributed by atoms with van der Waals surface area (Å²) >= 11 is 7.55. The number of anilines is 1. The molecule has 3 aromatic carbocycles. The molecule has 3 aromatic rings. The molecule has 0 aliphatic carbocycles. The van der Waals surface area contributed by atoms with Crippen LogP contribution in [0.2, 0.25) is 5.02 Å². The summed E-state index contributed by atoms with van der Waals surface area (Å²) in [7, 11) is -3.96. The Morgan fingerprint density at radius 2 is 1.66 bits per heavy atom. The van der Waals surface area contributed by atoms with Gasteiger partial charge in [0.25, 0.3) is 10.0 Å². The van der Waals surface area contributed by atoms with Gasteiger partial charge in [-0.3, -0.25) is 9.10 Å². The minimum absolute atomic E-state index is 0.0764. The van der Waals surface area contributed by atoms with Gasteiger partial charge in [-0.15, -0.1) is 11.8 Å². The largest absolute Gasteiger partial charge is 0.354 e. The Balaban J connectivity index is 1.75. The topological polar surface area (TPSA) is 66.5 Å². The smallest absolute Gasteiger partial charge is 0.264 e. The average molecular weight is 489 g/mol. The number of amides is 1. The van der Waals surface area contributed by atoms with Gasteiger partial charge in [-0.2, -0.15) is 0 Å². The molecule has 0 aliphatic heterocycles. The average Bonchev–Trinajstić information content (AvgIpc) is 2.78. The Morgan fingerprint density at radius 1 is 0.969 bits per heavy atom. The van der Waals surface area contributed by atoms with Crippen molar-refractivity contribution in [1.82, 2.24) is 5.32 Å². The molecule has 0 unspecified atom stereocenters. The minimum Gasteiger partial charge on any atom is -0.354 e. The first kappa shape index (κ1) is 24.2. The van der Waals surface area contributed by atoms with Gasteiger partial charge in [0.2, 0.25) is 5.91 Å². The van der Waals surface area contributed by atoms with E-state index in [1.165, 1.54) is 24.3 Å². The highest BCUT2D eigenvalue weighted by atomic mass is 35.5. The Labute approximate surface area is 198 Å². The molecule has 1 amide bonds. The van der Waals surface area contributed by atoms with E-state index in [1.807, 2.05) is 50.2 Å².